The molecular formula is C18H30N4O4. The van der Waals surface area contributed by atoms with Crippen molar-refractivity contribution >= 4 is 17.7 Å². The Labute approximate surface area is 155 Å². The molecule has 146 valence electrons. The van der Waals surface area contributed by atoms with Crippen LogP contribution in [-0.4, -0.2) is 51.5 Å². The first kappa shape index (κ1) is 21.4. The molecule has 0 unspecified atom stereocenters. The van der Waals surface area contributed by atoms with Gasteiger partial charge in [-0.1, -0.05) is 0 Å². The van der Waals surface area contributed by atoms with Crippen molar-refractivity contribution < 1.29 is 19.0 Å². The van der Waals surface area contributed by atoms with Gasteiger partial charge < -0.3 is 30.2 Å². The molecule has 0 saturated carbocycles. The molecule has 1 amide bonds. The summed E-state index contributed by atoms with van der Waals surface area (Å²) in [5, 5.41) is 9.01. The number of aliphatic imine (C=N–C) groups is 1. The zero-order valence-corrected chi connectivity index (χ0v) is 16.4. The Hall–Kier alpha value is -2.64. The van der Waals surface area contributed by atoms with Crippen molar-refractivity contribution in [3.05, 3.63) is 18.2 Å². The summed E-state index contributed by atoms with van der Waals surface area (Å²) >= 11 is 0. The molecule has 0 saturated heterocycles. The summed E-state index contributed by atoms with van der Waals surface area (Å²) < 4.78 is 15.7. The molecular weight excluding hydrogens is 336 g/mol. The Kier molecular flexibility index (Phi) is 8.54. The van der Waals surface area contributed by atoms with Gasteiger partial charge in [0, 0.05) is 24.8 Å². The van der Waals surface area contributed by atoms with Crippen molar-refractivity contribution in [2.75, 3.05) is 39.2 Å². The molecule has 0 aliphatic heterocycles. The molecule has 0 spiro atoms. The standard InChI is InChI=1S/C18H30N4O4/c1-7-19-16(20-10-11-21-17(23)26-18(2,3)4)22-13-8-9-14(24-5)15(12-13)25-6/h8-9,12H,7,10-11H2,1-6H3,(H,21,23)(H2,19,20,22). The van der Waals surface area contributed by atoms with Crippen molar-refractivity contribution in [1.82, 2.24) is 10.6 Å². The van der Waals surface area contributed by atoms with Crippen LogP contribution in [0.3, 0.4) is 0 Å². The van der Waals surface area contributed by atoms with Crippen LogP contribution in [0, 0.1) is 0 Å². The van der Waals surface area contributed by atoms with E-state index in [0.29, 0.717) is 37.1 Å². The highest BCUT2D eigenvalue weighted by Crippen LogP contribution is 2.29. The number of methoxy groups -OCH3 is 2. The molecule has 0 heterocycles. The van der Waals surface area contributed by atoms with E-state index in [2.05, 4.69) is 20.9 Å². The molecule has 0 aromatic heterocycles. The van der Waals surface area contributed by atoms with Crippen molar-refractivity contribution in [2.45, 2.75) is 33.3 Å². The summed E-state index contributed by atoms with van der Waals surface area (Å²) in [5.74, 6) is 1.88. The van der Waals surface area contributed by atoms with E-state index in [9.17, 15) is 4.79 Å². The minimum Gasteiger partial charge on any atom is -0.493 e. The number of nitrogens with zero attached hydrogens (tertiary/aromatic N) is 1. The Morgan fingerprint density at radius 3 is 2.38 bits per heavy atom. The van der Waals surface area contributed by atoms with E-state index in [0.717, 1.165) is 5.69 Å². The smallest absolute Gasteiger partial charge is 0.407 e. The fourth-order valence-corrected chi connectivity index (χ4v) is 2.00. The molecule has 1 aromatic carbocycles. The Morgan fingerprint density at radius 2 is 1.81 bits per heavy atom. The van der Waals surface area contributed by atoms with E-state index in [1.807, 2.05) is 45.9 Å². The van der Waals surface area contributed by atoms with E-state index in [4.69, 9.17) is 14.2 Å². The quantitative estimate of drug-likeness (QED) is 0.390. The Morgan fingerprint density at radius 1 is 1.12 bits per heavy atom. The normalized spacial score (nSPS) is 11.5. The monoisotopic (exact) mass is 366 g/mol. The van der Waals surface area contributed by atoms with Crippen molar-refractivity contribution in [2.24, 2.45) is 4.99 Å². The van der Waals surface area contributed by atoms with Crippen LogP contribution < -0.4 is 25.4 Å². The van der Waals surface area contributed by atoms with Gasteiger partial charge in [-0.15, -0.1) is 0 Å². The largest absolute Gasteiger partial charge is 0.493 e. The molecule has 8 nitrogen and oxygen atoms in total. The molecule has 1 rings (SSSR count). The maximum Gasteiger partial charge on any atom is 0.407 e. The van der Waals surface area contributed by atoms with Crippen LogP contribution in [0.4, 0.5) is 10.5 Å². The maximum atomic E-state index is 11.6. The number of alkyl carbamates (subject to hydrolysis) is 1. The molecule has 0 atom stereocenters. The number of anilines is 1. The Balaban J connectivity index is 2.62. The summed E-state index contributed by atoms with van der Waals surface area (Å²) in [7, 11) is 3.18. The molecule has 0 aliphatic carbocycles. The lowest BCUT2D eigenvalue weighted by Crippen LogP contribution is -2.35. The minimum absolute atomic E-state index is 0.372. The second-order valence-corrected chi connectivity index (χ2v) is 6.38. The average molecular weight is 366 g/mol. The zero-order valence-electron chi connectivity index (χ0n) is 16.4. The maximum absolute atomic E-state index is 11.6. The fourth-order valence-electron chi connectivity index (χ4n) is 2.00. The number of carbonyl (C=O) groups excluding carboxylic acids is 1. The first-order chi connectivity index (χ1) is 12.3. The highest BCUT2D eigenvalue weighted by Gasteiger charge is 2.15. The summed E-state index contributed by atoms with van der Waals surface area (Å²) in [4.78, 5) is 16.0. The van der Waals surface area contributed by atoms with Gasteiger partial charge in [-0.2, -0.15) is 0 Å². The third-order valence-electron chi connectivity index (χ3n) is 3.04. The number of ether oxygens (including phenoxy) is 3. The highest BCUT2D eigenvalue weighted by atomic mass is 16.6. The number of hydrogen-bond donors (Lipinski definition) is 3. The molecule has 0 radical (unpaired) electrons. The molecule has 0 bridgehead atoms. The number of guanidine groups is 1. The van der Waals surface area contributed by atoms with E-state index < -0.39 is 11.7 Å². The van der Waals surface area contributed by atoms with E-state index in [1.165, 1.54) is 0 Å². The number of rotatable bonds is 7. The van der Waals surface area contributed by atoms with Crippen LogP contribution in [0.2, 0.25) is 0 Å². The second kappa shape index (κ2) is 10.4. The number of benzene rings is 1. The van der Waals surface area contributed by atoms with Gasteiger partial charge in [0.1, 0.15) is 5.60 Å². The number of carbonyl (C=O) groups is 1. The van der Waals surface area contributed by atoms with E-state index in [1.54, 1.807) is 14.2 Å². The molecule has 8 heteroatoms. The summed E-state index contributed by atoms with van der Waals surface area (Å²) in [6.07, 6.45) is -0.453. The molecule has 26 heavy (non-hydrogen) atoms. The predicted molar refractivity (Wildman–Crippen MR) is 103 cm³/mol. The van der Waals surface area contributed by atoms with Crippen LogP contribution in [0.5, 0.6) is 11.5 Å². The van der Waals surface area contributed by atoms with Gasteiger partial charge in [-0.3, -0.25) is 4.99 Å². The van der Waals surface area contributed by atoms with Gasteiger partial charge in [0.05, 0.1) is 20.8 Å². The predicted octanol–water partition coefficient (Wildman–Crippen LogP) is 2.61. The molecule has 3 N–H and O–H groups in total. The summed E-state index contributed by atoms with van der Waals surface area (Å²) in [6, 6.07) is 5.51. The topological polar surface area (TPSA) is 93.2 Å². The second-order valence-electron chi connectivity index (χ2n) is 6.38. The SMILES string of the molecule is CCNC(=NCCNC(=O)OC(C)(C)C)Nc1ccc(OC)c(OC)c1. The molecule has 1 aromatic rings. The molecule has 0 fully saturated rings. The fraction of sp³-hybridized carbons (Fsp3) is 0.556. The van der Waals surface area contributed by atoms with Gasteiger partial charge in [0.15, 0.2) is 17.5 Å². The van der Waals surface area contributed by atoms with E-state index in [-0.39, 0.29) is 0 Å². The molecule has 0 aliphatic rings. The third-order valence-corrected chi connectivity index (χ3v) is 3.04. The minimum atomic E-state index is -0.517. The first-order valence-corrected chi connectivity index (χ1v) is 8.53. The van der Waals surface area contributed by atoms with Gasteiger partial charge in [0.2, 0.25) is 0 Å². The van der Waals surface area contributed by atoms with Gasteiger partial charge in [-0.25, -0.2) is 4.79 Å². The lowest BCUT2D eigenvalue weighted by Gasteiger charge is -2.19. The van der Waals surface area contributed by atoms with Gasteiger partial charge >= 0.3 is 6.09 Å². The third kappa shape index (κ3) is 7.96. The number of nitrogens with one attached hydrogen (secondary N) is 3. The number of hydrogen-bond acceptors (Lipinski definition) is 5. The number of amides is 1. The van der Waals surface area contributed by atoms with Crippen LogP contribution in [0.1, 0.15) is 27.7 Å². The van der Waals surface area contributed by atoms with E-state index >= 15 is 0 Å². The first-order valence-electron chi connectivity index (χ1n) is 8.53. The van der Waals surface area contributed by atoms with Crippen molar-refractivity contribution in [3.63, 3.8) is 0 Å². The van der Waals surface area contributed by atoms with Crippen LogP contribution in [0.15, 0.2) is 23.2 Å². The zero-order chi connectivity index (χ0) is 19.6. The summed E-state index contributed by atoms with van der Waals surface area (Å²) in [6.45, 7) is 8.92. The van der Waals surface area contributed by atoms with Crippen LogP contribution in [-0.2, 0) is 4.74 Å². The Bertz CT molecular complexity index is 612. The highest BCUT2D eigenvalue weighted by molar-refractivity contribution is 5.93. The van der Waals surface area contributed by atoms with Gasteiger partial charge in [-0.05, 0) is 39.8 Å². The average Bonchev–Trinajstić information content (AvgIpc) is 2.57. The van der Waals surface area contributed by atoms with Crippen LogP contribution in [0.25, 0.3) is 0 Å². The lowest BCUT2D eigenvalue weighted by atomic mass is 10.2. The van der Waals surface area contributed by atoms with Crippen LogP contribution >= 0.6 is 0 Å². The van der Waals surface area contributed by atoms with Crippen molar-refractivity contribution in [3.8, 4) is 11.5 Å². The summed E-state index contributed by atoms with van der Waals surface area (Å²) in [5.41, 5.74) is 0.291. The lowest BCUT2D eigenvalue weighted by molar-refractivity contribution is 0.0529. The van der Waals surface area contributed by atoms with Crippen molar-refractivity contribution in [1.29, 1.82) is 0 Å². The van der Waals surface area contributed by atoms with Gasteiger partial charge in [0.25, 0.3) is 0 Å².